The summed E-state index contributed by atoms with van der Waals surface area (Å²) < 4.78 is 0. The van der Waals surface area contributed by atoms with Crippen molar-refractivity contribution in [2.45, 2.75) is 40.2 Å². The van der Waals surface area contributed by atoms with Crippen LogP contribution in [0.15, 0.2) is 36.6 Å². The van der Waals surface area contributed by atoms with Crippen LogP contribution in [-0.2, 0) is 4.79 Å². The van der Waals surface area contributed by atoms with Gasteiger partial charge in [0.25, 0.3) is 0 Å². The van der Waals surface area contributed by atoms with Gasteiger partial charge in [0.05, 0.1) is 0 Å². The summed E-state index contributed by atoms with van der Waals surface area (Å²) in [5.41, 5.74) is 1.13. The van der Waals surface area contributed by atoms with Crippen LogP contribution in [0.3, 0.4) is 0 Å². The number of hydrogen-bond donors (Lipinski definition) is 0. The van der Waals surface area contributed by atoms with Gasteiger partial charge in [-0.05, 0) is 26.3 Å². The lowest BCUT2D eigenvalue weighted by molar-refractivity contribution is -0.121. The van der Waals surface area contributed by atoms with Crippen molar-refractivity contribution in [1.29, 1.82) is 0 Å². The molecular weight excluding hydrogens is 210 g/mol. The highest BCUT2D eigenvalue weighted by atomic mass is 16.1. The van der Waals surface area contributed by atoms with E-state index in [1.807, 2.05) is 26.1 Å². The number of ketones is 1. The largest absolute Gasteiger partial charge is 0.371 e. The molecule has 2 atom stereocenters. The molecule has 2 nitrogen and oxygen atoms in total. The molecule has 0 aromatic rings. The summed E-state index contributed by atoms with van der Waals surface area (Å²) in [5.74, 6) is 0.269. The smallest absolute Gasteiger partial charge is 0.134 e. The zero-order valence-electron chi connectivity index (χ0n) is 11.7. The van der Waals surface area contributed by atoms with Gasteiger partial charge in [0, 0.05) is 24.7 Å². The Kier molecular flexibility index (Phi) is 7.27. The summed E-state index contributed by atoms with van der Waals surface area (Å²) in [6, 6.07) is 0.194. The van der Waals surface area contributed by atoms with Gasteiger partial charge < -0.3 is 4.90 Å². The number of carbonyl (C=O) groups is 1. The molecular formula is C15H25NO. The first kappa shape index (κ1) is 15.7. The van der Waals surface area contributed by atoms with E-state index in [9.17, 15) is 4.79 Å². The van der Waals surface area contributed by atoms with Crippen LogP contribution in [-0.4, -0.2) is 23.8 Å². The van der Waals surface area contributed by atoms with Gasteiger partial charge in [0.1, 0.15) is 5.78 Å². The Labute approximate surface area is 106 Å². The Balaban J connectivity index is 4.89. The predicted octanol–water partition coefficient (Wildman–Crippen LogP) is 3.57. The lowest BCUT2D eigenvalue weighted by Gasteiger charge is -2.31. The lowest BCUT2D eigenvalue weighted by Crippen LogP contribution is -2.36. The SMILES string of the molecule is C=C/C=C\C(=C/CC)N(C)C(C)C(C)C(C)=O. The number of hydrogen-bond acceptors (Lipinski definition) is 2. The minimum absolute atomic E-state index is 0.0392. The lowest BCUT2D eigenvalue weighted by atomic mass is 9.98. The molecule has 96 valence electrons. The van der Waals surface area contributed by atoms with Gasteiger partial charge in [0.2, 0.25) is 0 Å². The number of likely N-dealkylation sites (N-methyl/N-ethyl adjacent to an activating group) is 1. The molecule has 2 heteroatoms. The molecule has 0 aliphatic rings. The molecule has 0 aromatic heterocycles. The van der Waals surface area contributed by atoms with E-state index in [0.29, 0.717) is 0 Å². The summed E-state index contributed by atoms with van der Waals surface area (Å²) in [7, 11) is 2.03. The Morgan fingerprint density at radius 2 is 2.00 bits per heavy atom. The molecule has 0 heterocycles. The number of nitrogens with zero attached hydrogens (tertiary/aromatic N) is 1. The van der Waals surface area contributed by atoms with Gasteiger partial charge in [-0.3, -0.25) is 4.79 Å². The summed E-state index contributed by atoms with van der Waals surface area (Å²) in [6.45, 7) is 11.5. The second-order valence-electron chi connectivity index (χ2n) is 4.38. The molecule has 0 radical (unpaired) electrons. The van der Waals surface area contributed by atoms with Crippen LogP contribution in [0.1, 0.15) is 34.1 Å². The summed E-state index contributed by atoms with van der Waals surface area (Å²) in [6.07, 6.45) is 8.84. The second-order valence-corrected chi connectivity index (χ2v) is 4.38. The van der Waals surface area contributed by atoms with Gasteiger partial charge in [-0.25, -0.2) is 0 Å². The van der Waals surface area contributed by atoms with Crippen molar-refractivity contribution in [2.24, 2.45) is 5.92 Å². The van der Waals surface area contributed by atoms with E-state index in [2.05, 4.69) is 31.4 Å². The van der Waals surface area contributed by atoms with Crippen LogP contribution in [0.2, 0.25) is 0 Å². The average molecular weight is 235 g/mol. The number of rotatable bonds is 7. The van der Waals surface area contributed by atoms with E-state index in [4.69, 9.17) is 0 Å². The third-order valence-corrected chi connectivity index (χ3v) is 3.20. The molecule has 17 heavy (non-hydrogen) atoms. The second kappa shape index (κ2) is 7.88. The normalized spacial score (nSPS) is 15.7. The topological polar surface area (TPSA) is 20.3 Å². The maximum Gasteiger partial charge on any atom is 0.134 e. The molecule has 0 fully saturated rings. The van der Waals surface area contributed by atoms with Crippen LogP contribution in [0.4, 0.5) is 0 Å². The maximum absolute atomic E-state index is 11.4. The molecule has 0 spiro atoms. The highest BCUT2D eigenvalue weighted by Crippen LogP contribution is 2.16. The number of carbonyl (C=O) groups excluding carboxylic acids is 1. The Hall–Kier alpha value is -1.31. The Bertz CT molecular complexity index is 315. The van der Waals surface area contributed by atoms with Crippen molar-refractivity contribution in [3.63, 3.8) is 0 Å². The first-order chi connectivity index (χ1) is 7.95. The molecule has 0 saturated carbocycles. The van der Waals surface area contributed by atoms with Crippen LogP contribution >= 0.6 is 0 Å². The fourth-order valence-corrected chi connectivity index (χ4v) is 1.62. The summed E-state index contributed by atoms with van der Waals surface area (Å²) in [4.78, 5) is 13.6. The first-order valence-electron chi connectivity index (χ1n) is 6.18. The fourth-order valence-electron chi connectivity index (χ4n) is 1.62. The van der Waals surface area contributed by atoms with Crippen LogP contribution in [0, 0.1) is 5.92 Å². The van der Waals surface area contributed by atoms with Crippen molar-refractivity contribution >= 4 is 5.78 Å². The molecule has 0 bridgehead atoms. The van der Waals surface area contributed by atoms with Gasteiger partial charge >= 0.3 is 0 Å². The van der Waals surface area contributed by atoms with Crippen molar-refractivity contribution < 1.29 is 4.79 Å². The number of Topliss-reactive ketones (excluding diaryl/α,β-unsaturated/α-hetero) is 1. The third-order valence-electron chi connectivity index (χ3n) is 3.20. The molecule has 0 amide bonds. The molecule has 2 unspecified atom stereocenters. The highest BCUT2D eigenvalue weighted by Gasteiger charge is 2.21. The van der Waals surface area contributed by atoms with Crippen LogP contribution < -0.4 is 0 Å². The molecule has 0 N–H and O–H groups in total. The monoisotopic (exact) mass is 235 g/mol. The van der Waals surface area contributed by atoms with Crippen LogP contribution in [0.5, 0.6) is 0 Å². The summed E-state index contributed by atoms with van der Waals surface area (Å²) >= 11 is 0. The van der Waals surface area contributed by atoms with Crippen molar-refractivity contribution in [1.82, 2.24) is 4.90 Å². The third kappa shape index (κ3) is 5.03. The first-order valence-corrected chi connectivity index (χ1v) is 6.18. The molecule has 0 saturated heterocycles. The molecule has 0 aliphatic carbocycles. The van der Waals surface area contributed by atoms with Crippen molar-refractivity contribution in [3.8, 4) is 0 Å². The molecule has 0 aromatic carbocycles. The van der Waals surface area contributed by atoms with Gasteiger partial charge in [-0.15, -0.1) is 0 Å². The maximum atomic E-state index is 11.4. The van der Waals surface area contributed by atoms with E-state index in [0.717, 1.165) is 12.1 Å². The quantitative estimate of drug-likeness (QED) is 0.629. The van der Waals surface area contributed by atoms with Gasteiger partial charge in [0.15, 0.2) is 0 Å². The van der Waals surface area contributed by atoms with Crippen molar-refractivity contribution in [2.75, 3.05) is 7.05 Å². The van der Waals surface area contributed by atoms with E-state index in [-0.39, 0.29) is 17.7 Å². The zero-order chi connectivity index (χ0) is 13.4. The van der Waals surface area contributed by atoms with E-state index >= 15 is 0 Å². The number of allylic oxidation sites excluding steroid dienone is 4. The van der Waals surface area contributed by atoms with E-state index < -0.39 is 0 Å². The fraction of sp³-hybridized carbons (Fsp3) is 0.533. The standard InChI is InChI=1S/C15H25NO/c1-7-9-11-15(10-8-2)16(6)13(4)12(3)14(5)17/h7,9-13H,1,8H2,2-6H3/b11-9-,15-10+. The van der Waals surface area contributed by atoms with Crippen LogP contribution in [0.25, 0.3) is 0 Å². The minimum atomic E-state index is 0.0392. The Morgan fingerprint density at radius 3 is 2.41 bits per heavy atom. The average Bonchev–Trinajstić information content (AvgIpc) is 2.31. The van der Waals surface area contributed by atoms with E-state index in [1.165, 1.54) is 0 Å². The Morgan fingerprint density at radius 1 is 1.41 bits per heavy atom. The predicted molar refractivity (Wildman–Crippen MR) is 74.8 cm³/mol. The zero-order valence-corrected chi connectivity index (χ0v) is 11.7. The highest BCUT2D eigenvalue weighted by molar-refractivity contribution is 5.78. The van der Waals surface area contributed by atoms with E-state index in [1.54, 1.807) is 13.0 Å². The summed E-state index contributed by atoms with van der Waals surface area (Å²) in [5, 5.41) is 0. The minimum Gasteiger partial charge on any atom is -0.371 e. The van der Waals surface area contributed by atoms with Gasteiger partial charge in [-0.1, -0.05) is 38.7 Å². The van der Waals surface area contributed by atoms with Gasteiger partial charge in [-0.2, -0.15) is 0 Å². The molecule has 0 rings (SSSR count). The molecule has 0 aliphatic heterocycles. The van der Waals surface area contributed by atoms with Crippen molar-refractivity contribution in [3.05, 3.63) is 36.6 Å².